The molecule has 2 aliphatic rings. The predicted octanol–water partition coefficient (Wildman–Crippen LogP) is 4.15. The first-order valence-electron chi connectivity index (χ1n) is 12.0. The molecule has 9 nitrogen and oxygen atoms in total. The molecule has 0 bridgehead atoms. The monoisotopic (exact) mass is 495 g/mol. The van der Waals surface area contributed by atoms with E-state index >= 15 is 0 Å². The zero-order chi connectivity index (χ0) is 24.6. The Bertz CT molecular complexity index is 1090. The number of aldehydes is 1. The number of hydrogen-bond donors (Lipinski definition) is 2. The fraction of sp³-hybridized carbons (Fsp3) is 0.440. The first kappa shape index (κ1) is 25.0. The fourth-order valence-corrected chi connectivity index (χ4v) is 4.60. The van der Waals surface area contributed by atoms with Crippen LogP contribution in [0, 0.1) is 12.8 Å². The van der Waals surface area contributed by atoms with Crippen molar-refractivity contribution in [2.24, 2.45) is 5.92 Å². The van der Waals surface area contributed by atoms with Crippen molar-refractivity contribution in [3.05, 3.63) is 42.1 Å². The molecule has 186 valence electrons. The Balaban J connectivity index is 0.000000421. The lowest BCUT2D eigenvalue weighted by atomic mass is 10.0. The number of ether oxygens (including phenoxy) is 1. The van der Waals surface area contributed by atoms with Crippen LogP contribution in [0.3, 0.4) is 0 Å². The summed E-state index contributed by atoms with van der Waals surface area (Å²) in [7, 11) is 2.17. The number of H-pyrrole nitrogens is 1. The Morgan fingerprint density at radius 3 is 2.46 bits per heavy atom. The number of rotatable bonds is 8. The van der Waals surface area contributed by atoms with Gasteiger partial charge in [0.05, 0.1) is 6.61 Å². The zero-order valence-electron chi connectivity index (χ0n) is 20.5. The van der Waals surface area contributed by atoms with E-state index in [1.54, 1.807) is 0 Å². The summed E-state index contributed by atoms with van der Waals surface area (Å²) in [5.74, 6) is 3.05. The van der Waals surface area contributed by atoms with Gasteiger partial charge in [-0.15, -0.1) is 0 Å². The summed E-state index contributed by atoms with van der Waals surface area (Å²) in [6.07, 6.45) is 3.83. The van der Waals surface area contributed by atoms with Crippen molar-refractivity contribution in [3.8, 4) is 5.75 Å². The minimum Gasteiger partial charge on any atom is -0.494 e. The average Bonchev–Trinajstić information content (AvgIpc) is 3.45. The second-order valence-electron chi connectivity index (χ2n) is 8.77. The molecule has 0 saturated carbocycles. The van der Waals surface area contributed by atoms with E-state index in [1.807, 2.05) is 50.2 Å². The van der Waals surface area contributed by atoms with Crippen LogP contribution in [-0.2, 0) is 4.79 Å². The molecule has 0 aliphatic carbocycles. The second kappa shape index (κ2) is 12.0. The van der Waals surface area contributed by atoms with Gasteiger partial charge in [-0.2, -0.15) is 5.10 Å². The molecule has 0 unspecified atom stereocenters. The van der Waals surface area contributed by atoms with Gasteiger partial charge in [0.1, 0.15) is 23.7 Å². The SMILES string of the molecule is CCOc1ccc(Sc2nc(Nc3cc(C)[nH]n3)cc(N3CC(C=O)C3)n2)cc1.CN1CCCC1. The highest BCUT2D eigenvalue weighted by molar-refractivity contribution is 7.99. The standard InChI is InChI=1S/C20H22N6O2S.C5H11N/c1-3-28-15-4-6-16(7-5-15)29-20-22-17(21-18-8-13(2)24-25-18)9-19(23-20)26-10-14(11-26)12-27;1-6-4-2-3-5-6/h4-9,12,14H,3,10-11H2,1-2H3,(H2,21,22,23,24,25);2-5H2,1H3. The summed E-state index contributed by atoms with van der Waals surface area (Å²) in [4.78, 5) is 25.7. The molecule has 1 aromatic carbocycles. The van der Waals surface area contributed by atoms with Crippen molar-refractivity contribution in [2.45, 2.75) is 36.7 Å². The fourth-order valence-electron chi connectivity index (χ4n) is 3.83. The topological polar surface area (TPSA) is 99.3 Å². The molecule has 2 aromatic heterocycles. The lowest BCUT2D eigenvalue weighted by Crippen LogP contribution is -2.48. The molecule has 2 aliphatic heterocycles. The molecular weight excluding hydrogens is 462 g/mol. The van der Waals surface area contributed by atoms with Gasteiger partial charge in [0.2, 0.25) is 0 Å². The number of aromatic amines is 1. The van der Waals surface area contributed by atoms with Gasteiger partial charge in [0.25, 0.3) is 0 Å². The number of carbonyl (C=O) groups is 1. The Morgan fingerprint density at radius 2 is 1.89 bits per heavy atom. The minimum atomic E-state index is 0.0672. The number of nitrogens with zero attached hydrogens (tertiary/aromatic N) is 5. The molecule has 2 fully saturated rings. The molecule has 2 N–H and O–H groups in total. The molecule has 35 heavy (non-hydrogen) atoms. The summed E-state index contributed by atoms with van der Waals surface area (Å²) in [5.41, 5.74) is 0.960. The van der Waals surface area contributed by atoms with E-state index in [9.17, 15) is 4.79 Å². The Labute approximate surface area is 210 Å². The van der Waals surface area contributed by atoms with Gasteiger partial charge in [0.15, 0.2) is 11.0 Å². The zero-order valence-corrected chi connectivity index (χ0v) is 21.3. The number of anilines is 3. The van der Waals surface area contributed by atoms with Gasteiger partial charge < -0.3 is 24.6 Å². The van der Waals surface area contributed by atoms with E-state index in [0.717, 1.165) is 28.4 Å². The molecule has 2 saturated heterocycles. The van der Waals surface area contributed by atoms with Gasteiger partial charge in [-0.25, -0.2) is 9.97 Å². The lowest BCUT2D eigenvalue weighted by Gasteiger charge is -2.37. The summed E-state index contributed by atoms with van der Waals surface area (Å²) in [6.45, 7) is 8.53. The van der Waals surface area contributed by atoms with E-state index in [2.05, 4.69) is 42.3 Å². The minimum absolute atomic E-state index is 0.0672. The molecule has 0 spiro atoms. The first-order valence-corrected chi connectivity index (χ1v) is 12.8. The quantitative estimate of drug-likeness (QED) is 0.353. The highest BCUT2D eigenvalue weighted by Gasteiger charge is 2.28. The average molecular weight is 496 g/mol. The molecular formula is C25H33N7O2S. The van der Waals surface area contributed by atoms with Crippen LogP contribution in [-0.4, -0.2) is 71.2 Å². The third-order valence-corrected chi connectivity index (χ3v) is 6.63. The van der Waals surface area contributed by atoms with Crippen LogP contribution in [0.15, 0.2) is 46.5 Å². The van der Waals surface area contributed by atoms with Crippen molar-refractivity contribution < 1.29 is 9.53 Å². The van der Waals surface area contributed by atoms with E-state index in [0.29, 0.717) is 36.5 Å². The third kappa shape index (κ3) is 7.19. The number of aromatic nitrogens is 4. The van der Waals surface area contributed by atoms with Gasteiger partial charge in [0, 0.05) is 41.7 Å². The molecule has 0 atom stereocenters. The summed E-state index contributed by atoms with van der Waals surface area (Å²) < 4.78 is 5.50. The highest BCUT2D eigenvalue weighted by atomic mass is 32.2. The Morgan fingerprint density at radius 1 is 1.14 bits per heavy atom. The van der Waals surface area contributed by atoms with Crippen LogP contribution >= 0.6 is 11.8 Å². The smallest absolute Gasteiger partial charge is 0.196 e. The number of likely N-dealkylation sites (tertiary alicyclic amines) is 1. The van der Waals surface area contributed by atoms with Crippen molar-refractivity contribution >= 4 is 35.5 Å². The number of nitrogens with one attached hydrogen (secondary N) is 2. The molecule has 0 amide bonds. The van der Waals surface area contributed by atoms with E-state index in [1.165, 1.54) is 37.7 Å². The van der Waals surface area contributed by atoms with Crippen molar-refractivity contribution in [1.82, 2.24) is 25.1 Å². The number of hydrogen-bond acceptors (Lipinski definition) is 9. The highest BCUT2D eigenvalue weighted by Crippen LogP contribution is 2.31. The lowest BCUT2D eigenvalue weighted by molar-refractivity contribution is -0.111. The molecule has 3 aromatic rings. The van der Waals surface area contributed by atoms with Crippen LogP contribution in [0.2, 0.25) is 0 Å². The second-order valence-corrected chi connectivity index (χ2v) is 9.81. The van der Waals surface area contributed by atoms with Gasteiger partial charge >= 0.3 is 0 Å². The van der Waals surface area contributed by atoms with Crippen LogP contribution < -0.4 is 15.0 Å². The van der Waals surface area contributed by atoms with Crippen LogP contribution in [0.4, 0.5) is 17.5 Å². The maximum absolute atomic E-state index is 11.0. The molecule has 0 radical (unpaired) electrons. The van der Waals surface area contributed by atoms with Crippen LogP contribution in [0.5, 0.6) is 5.75 Å². The maximum Gasteiger partial charge on any atom is 0.196 e. The van der Waals surface area contributed by atoms with Crippen molar-refractivity contribution in [2.75, 3.05) is 50.1 Å². The van der Waals surface area contributed by atoms with Gasteiger partial charge in [-0.3, -0.25) is 5.10 Å². The van der Waals surface area contributed by atoms with E-state index in [4.69, 9.17) is 4.74 Å². The van der Waals surface area contributed by atoms with E-state index in [-0.39, 0.29) is 5.92 Å². The predicted molar refractivity (Wildman–Crippen MR) is 139 cm³/mol. The first-order chi connectivity index (χ1) is 17.0. The molecule has 4 heterocycles. The largest absolute Gasteiger partial charge is 0.494 e. The molecule has 10 heteroatoms. The third-order valence-electron chi connectivity index (χ3n) is 5.75. The van der Waals surface area contributed by atoms with Gasteiger partial charge in [-0.05, 0) is 82.9 Å². The Kier molecular flexibility index (Phi) is 8.59. The van der Waals surface area contributed by atoms with E-state index < -0.39 is 0 Å². The summed E-state index contributed by atoms with van der Waals surface area (Å²) >= 11 is 1.47. The Hall–Kier alpha value is -3.11. The number of benzene rings is 1. The summed E-state index contributed by atoms with van der Waals surface area (Å²) in [6, 6.07) is 11.6. The van der Waals surface area contributed by atoms with Crippen LogP contribution in [0.25, 0.3) is 0 Å². The maximum atomic E-state index is 11.0. The number of carbonyl (C=O) groups excluding carboxylic acids is 1. The molecule has 5 rings (SSSR count). The number of aryl methyl sites for hydroxylation is 1. The van der Waals surface area contributed by atoms with Crippen molar-refractivity contribution in [3.63, 3.8) is 0 Å². The van der Waals surface area contributed by atoms with Gasteiger partial charge in [-0.1, -0.05) is 0 Å². The normalized spacial score (nSPS) is 15.8. The van der Waals surface area contributed by atoms with Crippen molar-refractivity contribution in [1.29, 1.82) is 0 Å². The summed E-state index contributed by atoms with van der Waals surface area (Å²) in [5, 5.41) is 11.0. The van der Waals surface area contributed by atoms with Crippen LogP contribution in [0.1, 0.15) is 25.5 Å².